The van der Waals surface area contributed by atoms with Crippen LogP contribution in [0.15, 0.2) is 106 Å². The number of carbonyl (C=O) groups excluding carboxylic acids is 1. The number of thiazole rings is 1. The maximum atomic E-state index is 14.1. The summed E-state index contributed by atoms with van der Waals surface area (Å²) >= 11 is 7.81. The lowest BCUT2D eigenvalue weighted by molar-refractivity contribution is -0.139. The van der Waals surface area contributed by atoms with Crippen LogP contribution in [0.5, 0.6) is 0 Å². The summed E-state index contributed by atoms with van der Waals surface area (Å²) in [6.45, 7) is 3.62. The standard InChI is InChI=1S/C32H24ClFN4O3S/c1-3-41-31(40)27-19(2)35-32-38(29(27)24-11-7-8-12-25(24)33)30(39)26(42-32)17-21-18-37(23-9-5-4-6-10-23)36-28(21)20-13-15-22(34)16-14-20/h4-18,29H,3H2,1-2H3/b26-17-/t29-/m1/s1. The number of para-hydroxylation sites is 1. The van der Waals surface area contributed by atoms with Crippen molar-refractivity contribution in [1.29, 1.82) is 0 Å². The first-order valence-electron chi connectivity index (χ1n) is 13.2. The molecule has 0 N–H and O–H groups in total. The van der Waals surface area contributed by atoms with E-state index in [-0.39, 0.29) is 23.6 Å². The van der Waals surface area contributed by atoms with Gasteiger partial charge in [-0.3, -0.25) is 9.36 Å². The zero-order valence-corrected chi connectivity index (χ0v) is 24.2. The molecule has 0 radical (unpaired) electrons. The van der Waals surface area contributed by atoms with Crippen LogP contribution in [0.2, 0.25) is 5.02 Å². The molecule has 0 unspecified atom stereocenters. The minimum atomic E-state index is -0.820. The Hall–Kier alpha value is -4.60. The predicted molar refractivity (Wildman–Crippen MR) is 161 cm³/mol. The number of aromatic nitrogens is 3. The van der Waals surface area contributed by atoms with Crippen LogP contribution in [0.25, 0.3) is 23.0 Å². The fourth-order valence-corrected chi connectivity index (χ4v) is 6.24. The van der Waals surface area contributed by atoms with Crippen molar-refractivity contribution in [2.75, 3.05) is 6.61 Å². The molecule has 42 heavy (non-hydrogen) atoms. The summed E-state index contributed by atoms with van der Waals surface area (Å²) in [4.78, 5) is 32.3. The molecule has 7 nitrogen and oxygen atoms in total. The predicted octanol–water partition coefficient (Wildman–Crippen LogP) is 5.44. The molecule has 0 aliphatic carbocycles. The topological polar surface area (TPSA) is 78.5 Å². The summed E-state index contributed by atoms with van der Waals surface area (Å²) in [5.41, 5.74) is 3.73. The lowest BCUT2D eigenvalue weighted by Gasteiger charge is -2.25. The number of hydrogen-bond donors (Lipinski definition) is 0. The van der Waals surface area contributed by atoms with Gasteiger partial charge >= 0.3 is 5.97 Å². The third kappa shape index (κ3) is 5.01. The molecule has 0 bridgehead atoms. The maximum absolute atomic E-state index is 14.1. The number of esters is 1. The summed E-state index contributed by atoms with van der Waals surface area (Å²) in [6, 6.07) is 21.9. The number of benzene rings is 3. The molecule has 3 heterocycles. The molecular weight excluding hydrogens is 575 g/mol. The van der Waals surface area contributed by atoms with Gasteiger partial charge in [-0.05, 0) is 68.0 Å². The Kier molecular flexibility index (Phi) is 7.45. The van der Waals surface area contributed by atoms with Gasteiger partial charge in [0.25, 0.3) is 5.56 Å². The Morgan fingerprint density at radius 1 is 1.07 bits per heavy atom. The van der Waals surface area contributed by atoms with E-state index < -0.39 is 12.0 Å². The Morgan fingerprint density at radius 3 is 2.50 bits per heavy atom. The minimum Gasteiger partial charge on any atom is -0.463 e. The SMILES string of the molecule is CCOC(=O)C1=C(C)N=c2s/c(=C\c3cn(-c4ccccc4)nc3-c3ccc(F)cc3)c(=O)n2[C@@H]1c1ccccc1Cl. The van der Waals surface area contributed by atoms with Gasteiger partial charge in [0.2, 0.25) is 0 Å². The van der Waals surface area contributed by atoms with Crippen molar-refractivity contribution in [3.8, 4) is 16.9 Å². The van der Waals surface area contributed by atoms with Crippen LogP contribution in [0.3, 0.4) is 0 Å². The Balaban J connectivity index is 1.57. The number of ether oxygens (including phenoxy) is 1. The summed E-state index contributed by atoms with van der Waals surface area (Å²) in [5, 5.41) is 5.19. The molecule has 1 aliphatic heterocycles. The average molecular weight is 599 g/mol. The minimum absolute atomic E-state index is 0.173. The van der Waals surface area contributed by atoms with E-state index in [4.69, 9.17) is 21.4 Å². The molecule has 0 spiro atoms. The number of fused-ring (bicyclic) bond motifs is 1. The van der Waals surface area contributed by atoms with Crippen LogP contribution >= 0.6 is 22.9 Å². The first kappa shape index (κ1) is 27.6. The van der Waals surface area contributed by atoms with Crippen molar-refractivity contribution in [3.05, 3.63) is 138 Å². The number of hydrogen-bond acceptors (Lipinski definition) is 6. The first-order chi connectivity index (χ1) is 20.4. The molecule has 1 atom stereocenters. The van der Waals surface area contributed by atoms with E-state index in [1.54, 1.807) is 54.9 Å². The van der Waals surface area contributed by atoms with E-state index in [1.165, 1.54) is 28.0 Å². The van der Waals surface area contributed by atoms with Gasteiger partial charge in [0.05, 0.1) is 28.1 Å². The summed E-state index contributed by atoms with van der Waals surface area (Å²) in [6.07, 6.45) is 3.58. The Bertz CT molecular complexity index is 2030. The molecule has 3 aromatic carbocycles. The Labute approximate surface area is 249 Å². The molecule has 2 aromatic heterocycles. The molecule has 0 amide bonds. The molecular formula is C32H24ClFN4O3S. The number of allylic oxidation sites excluding steroid dienone is 1. The number of halogens is 2. The lowest BCUT2D eigenvalue weighted by atomic mass is 9.96. The molecule has 0 fully saturated rings. The van der Waals surface area contributed by atoms with Crippen LogP contribution in [-0.2, 0) is 9.53 Å². The van der Waals surface area contributed by atoms with Crippen LogP contribution in [0.4, 0.5) is 4.39 Å². The van der Waals surface area contributed by atoms with E-state index in [9.17, 15) is 14.0 Å². The first-order valence-corrected chi connectivity index (χ1v) is 14.4. The normalized spacial score (nSPS) is 15.0. The molecule has 0 saturated heterocycles. The molecule has 6 rings (SSSR count). The molecule has 210 valence electrons. The number of carbonyl (C=O) groups is 1. The van der Waals surface area contributed by atoms with Gasteiger partial charge in [0.15, 0.2) is 4.80 Å². The van der Waals surface area contributed by atoms with E-state index >= 15 is 0 Å². The summed E-state index contributed by atoms with van der Waals surface area (Å²) < 4.78 is 22.7. The largest absolute Gasteiger partial charge is 0.463 e. The summed E-state index contributed by atoms with van der Waals surface area (Å²) in [5.74, 6) is -0.913. The van der Waals surface area contributed by atoms with E-state index in [0.717, 1.165) is 5.69 Å². The van der Waals surface area contributed by atoms with Gasteiger partial charge in [-0.15, -0.1) is 0 Å². The van der Waals surface area contributed by atoms with E-state index in [0.29, 0.717) is 42.4 Å². The van der Waals surface area contributed by atoms with Crippen molar-refractivity contribution in [2.45, 2.75) is 19.9 Å². The highest BCUT2D eigenvalue weighted by atomic mass is 35.5. The molecule has 0 saturated carbocycles. The zero-order valence-electron chi connectivity index (χ0n) is 22.6. The second-order valence-electron chi connectivity index (χ2n) is 9.54. The highest BCUT2D eigenvalue weighted by Crippen LogP contribution is 2.34. The van der Waals surface area contributed by atoms with Gasteiger partial charge in [0, 0.05) is 22.3 Å². The van der Waals surface area contributed by atoms with Crippen molar-refractivity contribution in [2.24, 2.45) is 4.99 Å². The number of rotatable bonds is 6. The monoisotopic (exact) mass is 598 g/mol. The Morgan fingerprint density at radius 2 is 1.79 bits per heavy atom. The summed E-state index contributed by atoms with van der Waals surface area (Å²) in [7, 11) is 0. The smallest absolute Gasteiger partial charge is 0.338 e. The highest BCUT2D eigenvalue weighted by Gasteiger charge is 2.34. The fraction of sp³-hybridized carbons (Fsp3) is 0.125. The van der Waals surface area contributed by atoms with Gasteiger partial charge in [-0.1, -0.05) is 59.3 Å². The zero-order chi connectivity index (χ0) is 29.4. The average Bonchev–Trinajstić information content (AvgIpc) is 3.54. The number of nitrogens with zero attached hydrogens (tertiary/aromatic N) is 4. The van der Waals surface area contributed by atoms with Crippen molar-refractivity contribution in [1.82, 2.24) is 14.3 Å². The third-order valence-corrected chi connectivity index (χ3v) is 8.21. The van der Waals surface area contributed by atoms with Crippen molar-refractivity contribution < 1.29 is 13.9 Å². The van der Waals surface area contributed by atoms with Gasteiger partial charge < -0.3 is 4.74 Å². The second-order valence-corrected chi connectivity index (χ2v) is 11.0. The molecule has 5 aromatic rings. The molecule has 10 heteroatoms. The highest BCUT2D eigenvalue weighted by molar-refractivity contribution is 7.07. The lowest BCUT2D eigenvalue weighted by Crippen LogP contribution is -2.40. The quantitative estimate of drug-likeness (QED) is 0.244. The fourth-order valence-electron chi connectivity index (χ4n) is 4.96. The van der Waals surface area contributed by atoms with Crippen LogP contribution in [0.1, 0.15) is 31.0 Å². The second kappa shape index (κ2) is 11.3. The van der Waals surface area contributed by atoms with Crippen molar-refractivity contribution in [3.63, 3.8) is 0 Å². The van der Waals surface area contributed by atoms with E-state index in [1.807, 2.05) is 42.6 Å². The van der Waals surface area contributed by atoms with E-state index in [2.05, 4.69) is 4.99 Å². The maximum Gasteiger partial charge on any atom is 0.338 e. The molecule has 1 aliphatic rings. The van der Waals surface area contributed by atoms with Crippen molar-refractivity contribution >= 4 is 35.0 Å². The third-order valence-electron chi connectivity index (χ3n) is 6.88. The van der Waals surface area contributed by atoms with Crippen LogP contribution in [0, 0.1) is 5.82 Å². The van der Waals surface area contributed by atoms with Crippen LogP contribution in [-0.4, -0.2) is 26.9 Å². The van der Waals surface area contributed by atoms with Gasteiger partial charge in [-0.25, -0.2) is 18.9 Å². The van der Waals surface area contributed by atoms with Gasteiger partial charge in [-0.2, -0.15) is 5.10 Å². The van der Waals surface area contributed by atoms with Crippen LogP contribution < -0.4 is 14.9 Å². The van der Waals surface area contributed by atoms with Gasteiger partial charge in [0.1, 0.15) is 17.6 Å².